The Morgan fingerprint density at radius 2 is 1.76 bits per heavy atom. The van der Waals surface area contributed by atoms with Gasteiger partial charge in [0.25, 0.3) is 0 Å². The Bertz CT molecular complexity index is 790. The molecule has 5 heteroatoms. The maximum absolute atomic E-state index is 5.45. The van der Waals surface area contributed by atoms with E-state index in [-0.39, 0.29) is 0 Å². The Hall–Kier alpha value is -3.08. The molecular weight excluding hydrogens is 312 g/mol. The van der Waals surface area contributed by atoms with E-state index >= 15 is 0 Å². The molecule has 25 heavy (non-hydrogen) atoms. The number of aromatic nitrogens is 2. The van der Waals surface area contributed by atoms with Crippen molar-refractivity contribution >= 4 is 17.5 Å². The Morgan fingerprint density at radius 1 is 1.00 bits per heavy atom. The van der Waals surface area contributed by atoms with E-state index in [4.69, 9.17) is 4.74 Å². The number of anilines is 3. The molecule has 0 radical (unpaired) electrons. The van der Waals surface area contributed by atoms with Gasteiger partial charge >= 0.3 is 0 Å². The number of ether oxygens (including phenoxy) is 1. The molecular formula is C20H22N4O. The second-order valence-electron chi connectivity index (χ2n) is 5.66. The van der Waals surface area contributed by atoms with Crippen LogP contribution in [0.2, 0.25) is 0 Å². The SMILES string of the molecule is CCOc1ccc(Nc2nccc(N(C)Cc3ccccc3)n2)cc1. The third-order valence-corrected chi connectivity index (χ3v) is 3.72. The van der Waals surface area contributed by atoms with Gasteiger partial charge in [-0.25, -0.2) is 4.98 Å². The van der Waals surface area contributed by atoms with E-state index in [0.29, 0.717) is 12.6 Å². The highest BCUT2D eigenvalue weighted by Gasteiger charge is 2.06. The molecule has 0 spiro atoms. The van der Waals surface area contributed by atoms with Crippen molar-refractivity contribution in [2.75, 3.05) is 23.9 Å². The zero-order valence-electron chi connectivity index (χ0n) is 14.5. The first kappa shape index (κ1) is 16.8. The van der Waals surface area contributed by atoms with Crippen molar-refractivity contribution in [1.29, 1.82) is 0 Å². The molecule has 1 aromatic heterocycles. The molecule has 0 atom stereocenters. The molecule has 0 amide bonds. The van der Waals surface area contributed by atoms with E-state index in [1.807, 2.05) is 62.5 Å². The van der Waals surface area contributed by atoms with E-state index < -0.39 is 0 Å². The van der Waals surface area contributed by atoms with Gasteiger partial charge in [0.2, 0.25) is 5.95 Å². The molecule has 0 saturated heterocycles. The summed E-state index contributed by atoms with van der Waals surface area (Å²) < 4.78 is 5.45. The normalized spacial score (nSPS) is 10.3. The number of hydrogen-bond donors (Lipinski definition) is 1. The first-order valence-corrected chi connectivity index (χ1v) is 8.32. The molecule has 0 bridgehead atoms. The summed E-state index contributed by atoms with van der Waals surface area (Å²) in [5.74, 6) is 2.29. The minimum Gasteiger partial charge on any atom is -0.494 e. The van der Waals surface area contributed by atoms with Gasteiger partial charge in [0.15, 0.2) is 0 Å². The minimum atomic E-state index is 0.571. The molecule has 0 aliphatic carbocycles. The van der Waals surface area contributed by atoms with Gasteiger partial charge in [-0.05, 0) is 42.8 Å². The first-order chi connectivity index (χ1) is 12.2. The van der Waals surface area contributed by atoms with Crippen molar-refractivity contribution in [3.05, 3.63) is 72.4 Å². The lowest BCUT2D eigenvalue weighted by Crippen LogP contribution is -2.18. The molecule has 0 aliphatic rings. The van der Waals surface area contributed by atoms with Crippen molar-refractivity contribution in [1.82, 2.24) is 9.97 Å². The summed E-state index contributed by atoms with van der Waals surface area (Å²) >= 11 is 0. The average Bonchev–Trinajstić information content (AvgIpc) is 2.65. The van der Waals surface area contributed by atoms with Gasteiger partial charge in [-0.2, -0.15) is 4.98 Å². The van der Waals surface area contributed by atoms with Crippen LogP contribution >= 0.6 is 0 Å². The molecule has 0 unspecified atom stereocenters. The van der Waals surface area contributed by atoms with Gasteiger partial charge in [-0.3, -0.25) is 0 Å². The summed E-state index contributed by atoms with van der Waals surface area (Å²) in [7, 11) is 2.02. The number of hydrogen-bond acceptors (Lipinski definition) is 5. The summed E-state index contributed by atoms with van der Waals surface area (Å²) in [5.41, 5.74) is 2.16. The Morgan fingerprint density at radius 3 is 2.48 bits per heavy atom. The summed E-state index contributed by atoms with van der Waals surface area (Å²) in [6, 6.07) is 20.0. The zero-order chi connectivity index (χ0) is 17.5. The van der Waals surface area contributed by atoms with E-state index in [2.05, 4.69) is 32.3 Å². The molecule has 1 heterocycles. The predicted molar refractivity (Wildman–Crippen MR) is 101 cm³/mol. The molecule has 0 aliphatic heterocycles. The Labute approximate surface area is 148 Å². The second kappa shape index (κ2) is 8.15. The highest BCUT2D eigenvalue weighted by Crippen LogP contribution is 2.20. The molecule has 3 rings (SSSR count). The smallest absolute Gasteiger partial charge is 0.229 e. The van der Waals surface area contributed by atoms with E-state index in [9.17, 15) is 0 Å². The predicted octanol–water partition coefficient (Wildman–Crippen LogP) is 4.26. The number of benzene rings is 2. The van der Waals surface area contributed by atoms with Crippen LogP contribution in [0.5, 0.6) is 5.75 Å². The molecule has 1 N–H and O–H groups in total. The van der Waals surface area contributed by atoms with Gasteiger partial charge in [0, 0.05) is 25.5 Å². The van der Waals surface area contributed by atoms with Crippen LogP contribution in [-0.2, 0) is 6.54 Å². The van der Waals surface area contributed by atoms with Gasteiger partial charge in [-0.1, -0.05) is 30.3 Å². The van der Waals surface area contributed by atoms with E-state index in [1.165, 1.54) is 5.56 Å². The Balaban J connectivity index is 1.68. The molecule has 0 saturated carbocycles. The quantitative estimate of drug-likeness (QED) is 0.700. The van der Waals surface area contributed by atoms with Crippen LogP contribution in [0, 0.1) is 0 Å². The lowest BCUT2D eigenvalue weighted by Gasteiger charge is -2.18. The number of rotatable bonds is 7. The summed E-state index contributed by atoms with van der Waals surface area (Å²) in [4.78, 5) is 11.0. The van der Waals surface area contributed by atoms with Gasteiger partial charge in [0.05, 0.1) is 6.61 Å². The van der Waals surface area contributed by atoms with Gasteiger partial charge in [-0.15, -0.1) is 0 Å². The van der Waals surface area contributed by atoms with Crippen LogP contribution in [0.1, 0.15) is 12.5 Å². The fraction of sp³-hybridized carbons (Fsp3) is 0.200. The van der Waals surface area contributed by atoms with Crippen LogP contribution in [-0.4, -0.2) is 23.6 Å². The van der Waals surface area contributed by atoms with Gasteiger partial charge in [0.1, 0.15) is 11.6 Å². The highest BCUT2D eigenvalue weighted by atomic mass is 16.5. The standard InChI is InChI=1S/C20H22N4O/c1-3-25-18-11-9-17(10-12-18)22-20-21-14-13-19(23-20)24(2)15-16-7-5-4-6-8-16/h4-14H,3,15H2,1-2H3,(H,21,22,23). The maximum atomic E-state index is 5.45. The topological polar surface area (TPSA) is 50.3 Å². The molecule has 0 fully saturated rings. The van der Waals surface area contributed by atoms with Crippen molar-refractivity contribution in [2.45, 2.75) is 13.5 Å². The van der Waals surface area contributed by atoms with Crippen LogP contribution in [0.3, 0.4) is 0 Å². The second-order valence-corrected chi connectivity index (χ2v) is 5.66. The third kappa shape index (κ3) is 4.70. The molecule has 2 aromatic carbocycles. The van der Waals surface area contributed by atoms with E-state index in [0.717, 1.165) is 23.8 Å². The van der Waals surface area contributed by atoms with Crippen molar-refractivity contribution in [3.63, 3.8) is 0 Å². The van der Waals surface area contributed by atoms with Crippen LogP contribution in [0.15, 0.2) is 66.9 Å². The fourth-order valence-electron chi connectivity index (χ4n) is 2.49. The molecule has 5 nitrogen and oxygen atoms in total. The number of nitrogens with zero attached hydrogens (tertiary/aromatic N) is 3. The van der Waals surface area contributed by atoms with Crippen LogP contribution in [0.4, 0.5) is 17.5 Å². The number of nitrogens with one attached hydrogen (secondary N) is 1. The van der Waals surface area contributed by atoms with Crippen molar-refractivity contribution in [2.24, 2.45) is 0 Å². The van der Waals surface area contributed by atoms with Gasteiger partial charge < -0.3 is 15.0 Å². The first-order valence-electron chi connectivity index (χ1n) is 8.32. The lowest BCUT2D eigenvalue weighted by molar-refractivity contribution is 0.340. The molecule has 3 aromatic rings. The average molecular weight is 334 g/mol. The summed E-state index contributed by atoms with van der Waals surface area (Å²) in [5, 5.41) is 3.23. The minimum absolute atomic E-state index is 0.571. The Kier molecular flexibility index (Phi) is 5.46. The zero-order valence-corrected chi connectivity index (χ0v) is 14.5. The van der Waals surface area contributed by atoms with Crippen LogP contribution in [0.25, 0.3) is 0 Å². The summed E-state index contributed by atoms with van der Waals surface area (Å²) in [6.45, 7) is 3.42. The van der Waals surface area contributed by atoms with E-state index in [1.54, 1.807) is 6.20 Å². The largest absolute Gasteiger partial charge is 0.494 e. The molecule has 128 valence electrons. The van der Waals surface area contributed by atoms with Crippen molar-refractivity contribution < 1.29 is 4.74 Å². The lowest BCUT2D eigenvalue weighted by atomic mass is 10.2. The maximum Gasteiger partial charge on any atom is 0.229 e. The van der Waals surface area contributed by atoms with Crippen molar-refractivity contribution in [3.8, 4) is 5.75 Å². The monoisotopic (exact) mass is 334 g/mol. The fourth-order valence-corrected chi connectivity index (χ4v) is 2.49. The van der Waals surface area contributed by atoms with Crippen LogP contribution < -0.4 is 15.0 Å². The summed E-state index contributed by atoms with van der Waals surface area (Å²) in [6.07, 6.45) is 1.76. The third-order valence-electron chi connectivity index (χ3n) is 3.72. The highest BCUT2D eigenvalue weighted by molar-refractivity contribution is 5.56.